The zero-order valence-electron chi connectivity index (χ0n) is 9.91. The maximum atomic E-state index is 11.6. The van der Waals surface area contributed by atoms with Gasteiger partial charge in [0.25, 0.3) is 0 Å². The molecule has 0 saturated carbocycles. The van der Waals surface area contributed by atoms with Crippen molar-refractivity contribution in [1.29, 1.82) is 0 Å². The molecule has 0 saturated heterocycles. The van der Waals surface area contributed by atoms with E-state index in [1.807, 2.05) is 19.9 Å². The largest absolute Gasteiger partial charge is 0.478 e. The highest BCUT2D eigenvalue weighted by Gasteiger charge is 2.22. The van der Waals surface area contributed by atoms with Crippen LogP contribution in [0.15, 0.2) is 12.1 Å². The van der Waals surface area contributed by atoms with Crippen LogP contribution in [0.25, 0.3) is 6.08 Å². The van der Waals surface area contributed by atoms with Gasteiger partial charge in [0.2, 0.25) is 0 Å². The highest BCUT2D eigenvalue weighted by atomic mass is 16.4. The minimum Gasteiger partial charge on any atom is -0.478 e. The molecule has 0 unspecified atom stereocenters. The van der Waals surface area contributed by atoms with Crippen LogP contribution in [-0.2, 0) is 11.2 Å². The van der Waals surface area contributed by atoms with Gasteiger partial charge in [-0.3, -0.25) is 4.79 Å². The topological polar surface area (TPSA) is 54.4 Å². The Labute approximate surface area is 99.8 Å². The fourth-order valence-electron chi connectivity index (χ4n) is 2.40. The monoisotopic (exact) mass is 230 g/mol. The third kappa shape index (κ3) is 2.00. The van der Waals surface area contributed by atoms with Crippen LogP contribution >= 0.6 is 0 Å². The minimum absolute atomic E-state index is 0.194. The molecule has 0 spiro atoms. The molecule has 0 radical (unpaired) electrons. The lowest BCUT2D eigenvalue weighted by Gasteiger charge is -2.10. The van der Waals surface area contributed by atoms with Crippen molar-refractivity contribution in [2.75, 3.05) is 0 Å². The highest BCUT2D eigenvalue weighted by Crippen LogP contribution is 2.30. The van der Waals surface area contributed by atoms with Gasteiger partial charge in [-0.05, 0) is 54.7 Å². The van der Waals surface area contributed by atoms with E-state index in [-0.39, 0.29) is 5.78 Å². The van der Waals surface area contributed by atoms with Gasteiger partial charge < -0.3 is 5.11 Å². The normalized spacial score (nSPS) is 14.4. The van der Waals surface area contributed by atoms with Crippen molar-refractivity contribution in [3.63, 3.8) is 0 Å². The average molecular weight is 230 g/mol. The minimum atomic E-state index is -0.958. The Morgan fingerprint density at radius 2 is 2.06 bits per heavy atom. The third-order valence-electron chi connectivity index (χ3n) is 3.26. The Kier molecular flexibility index (Phi) is 2.84. The first kappa shape index (κ1) is 11.6. The lowest BCUT2D eigenvalue weighted by Crippen LogP contribution is -1.98. The molecule has 1 aliphatic carbocycles. The van der Waals surface area contributed by atoms with Crippen LogP contribution in [0.5, 0.6) is 0 Å². The maximum Gasteiger partial charge on any atom is 0.328 e. The van der Waals surface area contributed by atoms with E-state index in [0.29, 0.717) is 6.42 Å². The summed E-state index contributed by atoms with van der Waals surface area (Å²) in [6.07, 6.45) is 4.09. The first-order valence-electron chi connectivity index (χ1n) is 5.58. The Morgan fingerprint density at radius 3 is 2.71 bits per heavy atom. The molecule has 1 aromatic rings. The number of hydrogen-bond donors (Lipinski definition) is 1. The summed E-state index contributed by atoms with van der Waals surface area (Å²) in [6, 6.07) is 1.87. The van der Waals surface area contributed by atoms with Crippen LogP contribution in [0.2, 0.25) is 0 Å². The van der Waals surface area contributed by atoms with Gasteiger partial charge in [0.05, 0.1) is 0 Å². The molecule has 0 aliphatic heterocycles. The van der Waals surface area contributed by atoms with E-state index in [2.05, 4.69) is 0 Å². The fourth-order valence-corrected chi connectivity index (χ4v) is 2.40. The van der Waals surface area contributed by atoms with Gasteiger partial charge in [-0.2, -0.15) is 0 Å². The summed E-state index contributed by atoms with van der Waals surface area (Å²) < 4.78 is 0. The van der Waals surface area contributed by atoms with Gasteiger partial charge in [0, 0.05) is 18.1 Å². The van der Waals surface area contributed by atoms with Crippen LogP contribution in [0, 0.1) is 13.8 Å². The number of fused-ring (bicyclic) bond motifs is 1. The predicted octanol–water partition coefficient (Wildman–Crippen LogP) is 2.53. The number of carbonyl (C=O) groups is 2. The molecule has 3 nitrogen and oxygen atoms in total. The number of aryl methyl sites for hydroxylation is 1. The number of hydrogen-bond acceptors (Lipinski definition) is 2. The smallest absolute Gasteiger partial charge is 0.328 e. The van der Waals surface area contributed by atoms with Crippen LogP contribution < -0.4 is 0 Å². The molecule has 0 aromatic heterocycles. The van der Waals surface area contributed by atoms with E-state index in [1.54, 1.807) is 6.08 Å². The van der Waals surface area contributed by atoms with Crippen molar-refractivity contribution < 1.29 is 14.7 Å². The van der Waals surface area contributed by atoms with Gasteiger partial charge in [-0.25, -0.2) is 4.79 Å². The standard InChI is InChI=1S/C14H14O3/c1-8-7-12-11(3-5-13(12)15)9(2)10(8)4-6-14(16)17/h4,6-7H,3,5H2,1-2H3,(H,16,17)/b6-4+. The molecule has 3 heteroatoms. The first-order valence-corrected chi connectivity index (χ1v) is 5.58. The van der Waals surface area contributed by atoms with Crippen LogP contribution in [0.3, 0.4) is 0 Å². The van der Waals surface area contributed by atoms with Crippen molar-refractivity contribution in [2.45, 2.75) is 26.7 Å². The molecule has 0 heterocycles. The molecule has 0 atom stereocenters. The second-order valence-electron chi connectivity index (χ2n) is 4.35. The van der Waals surface area contributed by atoms with Crippen LogP contribution in [0.1, 0.15) is 39.0 Å². The Hall–Kier alpha value is -1.90. The van der Waals surface area contributed by atoms with Crippen molar-refractivity contribution in [3.05, 3.63) is 40.0 Å². The molecule has 88 valence electrons. The number of carboxylic acid groups (broad SMARTS) is 1. The second kappa shape index (κ2) is 4.17. The summed E-state index contributed by atoms with van der Waals surface area (Å²) in [5, 5.41) is 8.65. The molecule has 1 aliphatic rings. The van der Waals surface area contributed by atoms with Gasteiger partial charge in [-0.15, -0.1) is 0 Å². The van der Waals surface area contributed by atoms with E-state index >= 15 is 0 Å². The summed E-state index contributed by atoms with van der Waals surface area (Å²) >= 11 is 0. The number of aliphatic carboxylic acids is 1. The maximum absolute atomic E-state index is 11.6. The van der Waals surface area contributed by atoms with E-state index in [0.717, 1.165) is 40.3 Å². The molecule has 0 fully saturated rings. The van der Waals surface area contributed by atoms with E-state index in [1.165, 1.54) is 0 Å². The molecule has 0 amide bonds. The van der Waals surface area contributed by atoms with Crippen molar-refractivity contribution in [3.8, 4) is 0 Å². The van der Waals surface area contributed by atoms with Crippen molar-refractivity contribution in [2.24, 2.45) is 0 Å². The Morgan fingerprint density at radius 1 is 1.35 bits per heavy atom. The van der Waals surface area contributed by atoms with Crippen LogP contribution in [-0.4, -0.2) is 16.9 Å². The second-order valence-corrected chi connectivity index (χ2v) is 4.35. The summed E-state index contributed by atoms with van der Waals surface area (Å²) in [5.41, 5.74) is 4.79. The first-order chi connectivity index (χ1) is 8.00. The zero-order valence-corrected chi connectivity index (χ0v) is 9.91. The number of carbonyl (C=O) groups excluding carboxylic acids is 1. The summed E-state index contributed by atoms with van der Waals surface area (Å²) in [6.45, 7) is 3.85. The summed E-state index contributed by atoms with van der Waals surface area (Å²) in [4.78, 5) is 22.2. The molecule has 1 N–H and O–H groups in total. The van der Waals surface area contributed by atoms with Crippen molar-refractivity contribution >= 4 is 17.8 Å². The number of benzene rings is 1. The molecule has 2 rings (SSSR count). The number of ketones is 1. The van der Waals surface area contributed by atoms with Crippen molar-refractivity contribution in [1.82, 2.24) is 0 Å². The average Bonchev–Trinajstić information content (AvgIpc) is 2.60. The lowest BCUT2D eigenvalue weighted by molar-refractivity contribution is -0.131. The highest BCUT2D eigenvalue weighted by molar-refractivity contribution is 6.01. The van der Waals surface area contributed by atoms with E-state index < -0.39 is 5.97 Å². The quantitative estimate of drug-likeness (QED) is 0.794. The van der Waals surface area contributed by atoms with Gasteiger partial charge in [0.1, 0.15) is 0 Å². The zero-order chi connectivity index (χ0) is 12.6. The number of Topliss-reactive ketones (excluding diaryl/α,β-unsaturated/α-hetero) is 1. The Bertz CT molecular complexity index is 539. The molecular weight excluding hydrogens is 216 g/mol. The van der Waals surface area contributed by atoms with Gasteiger partial charge in [0.15, 0.2) is 5.78 Å². The Balaban J connectivity index is 2.56. The molecule has 0 bridgehead atoms. The predicted molar refractivity (Wildman–Crippen MR) is 65.2 cm³/mol. The molecular formula is C14H14O3. The summed E-state index contributed by atoms with van der Waals surface area (Å²) in [7, 11) is 0. The van der Waals surface area contributed by atoms with E-state index in [4.69, 9.17) is 5.11 Å². The lowest BCUT2D eigenvalue weighted by atomic mass is 9.94. The van der Waals surface area contributed by atoms with E-state index in [9.17, 15) is 9.59 Å². The number of carboxylic acids is 1. The summed E-state index contributed by atoms with van der Waals surface area (Å²) in [5.74, 6) is -0.764. The molecule has 1 aromatic carbocycles. The van der Waals surface area contributed by atoms with Crippen LogP contribution in [0.4, 0.5) is 0 Å². The SMILES string of the molecule is Cc1cc2c(c(C)c1/C=C/C(=O)O)CCC2=O. The van der Waals surface area contributed by atoms with Gasteiger partial charge in [-0.1, -0.05) is 0 Å². The fraction of sp³-hybridized carbons (Fsp3) is 0.286. The van der Waals surface area contributed by atoms with Gasteiger partial charge >= 0.3 is 5.97 Å². The third-order valence-corrected chi connectivity index (χ3v) is 3.26. The molecule has 17 heavy (non-hydrogen) atoms. The number of rotatable bonds is 2.